The number of nitrogens with zero attached hydrogens (tertiary/aromatic N) is 2. The van der Waals surface area contributed by atoms with Crippen LogP contribution in [0, 0.1) is 11.7 Å². The summed E-state index contributed by atoms with van der Waals surface area (Å²) in [7, 11) is 0. The van der Waals surface area contributed by atoms with Crippen LogP contribution in [0.2, 0.25) is 5.28 Å². The zero-order valence-corrected chi connectivity index (χ0v) is 8.42. The minimum absolute atomic E-state index is 0.00875. The molecule has 0 saturated heterocycles. The highest BCUT2D eigenvalue weighted by atomic mass is 35.5. The van der Waals surface area contributed by atoms with Gasteiger partial charge < -0.3 is 10.4 Å². The van der Waals surface area contributed by atoms with Crippen LogP contribution in [0.5, 0.6) is 0 Å². The summed E-state index contributed by atoms with van der Waals surface area (Å²) >= 11 is 5.49. The number of anilines is 1. The average molecular weight is 220 g/mol. The van der Waals surface area contributed by atoms with Gasteiger partial charge in [-0.05, 0) is 17.5 Å². The van der Waals surface area contributed by atoms with E-state index in [1.165, 1.54) is 0 Å². The number of aromatic nitrogens is 2. The van der Waals surface area contributed by atoms with Gasteiger partial charge >= 0.3 is 0 Å². The van der Waals surface area contributed by atoms with E-state index < -0.39 is 5.82 Å². The monoisotopic (exact) mass is 219 g/mol. The normalized spacial score (nSPS) is 12.6. The van der Waals surface area contributed by atoms with Gasteiger partial charge in [0.15, 0.2) is 11.6 Å². The summed E-state index contributed by atoms with van der Waals surface area (Å²) in [5.41, 5.74) is 0. The second-order valence-corrected chi connectivity index (χ2v) is 3.34. The number of halogens is 2. The lowest BCUT2D eigenvalue weighted by atomic mass is 10.2. The quantitative estimate of drug-likeness (QED) is 0.750. The summed E-state index contributed by atoms with van der Waals surface area (Å²) in [4.78, 5) is 7.14. The highest BCUT2D eigenvalue weighted by molar-refractivity contribution is 6.28. The molecule has 0 saturated carbocycles. The van der Waals surface area contributed by atoms with E-state index >= 15 is 0 Å². The zero-order chi connectivity index (χ0) is 10.6. The highest BCUT2D eigenvalue weighted by Gasteiger charge is 2.06. The van der Waals surface area contributed by atoms with Crippen LogP contribution >= 0.6 is 11.6 Å². The predicted molar refractivity (Wildman–Crippen MR) is 51.7 cm³/mol. The Kier molecular flexibility index (Phi) is 4.03. The third kappa shape index (κ3) is 3.08. The number of aliphatic hydroxyl groups is 1. The molecule has 14 heavy (non-hydrogen) atoms. The van der Waals surface area contributed by atoms with E-state index in [0.29, 0.717) is 6.54 Å². The topological polar surface area (TPSA) is 58.0 Å². The molecule has 1 rings (SSSR count). The molecular weight excluding hydrogens is 209 g/mol. The number of hydrogen-bond donors (Lipinski definition) is 2. The fourth-order valence-electron chi connectivity index (χ4n) is 0.805. The third-order valence-electron chi connectivity index (χ3n) is 1.64. The molecule has 1 heterocycles. The third-order valence-corrected chi connectivity index (χ3v) is 1.83. The molecule has 6 heteroatoms. The van der Waals surface area contributed by atoms with Crippen LogP contribution in [0.15, 0.2) is 6.20 Å². The van der Waals surface area contributed by atoms with Crippen molar-refractivity contribution in [3.05, 3.63) is 17.3 Å². The summed E-state index contributed by atoms with van der Waals surface area (Å²) in [6.45, 7) is 2.29. The second-order valence-electron chi connectivity index (χ2n) is 3.00. The van der Waals surface area contributed by atoms with Crippen LogP contribution in [0.3, 0.4) is 0 Å². The first kappa shape index (κ1) is 11.1. The van der Waals surface area contributed by atoms with Gasteiger partial charge in [0.2, 0.25) is 5.28 Å². The van der Waals surface area contributed by atoms with Crippen molar-refractivity contribution in [2.45, 2.75) is 6.92 Å². The van der Waals surface area contributed by atoms with Gasteiger partial charge in [0.25, 0.3) is 0 Å². The van der Waals surface area contributed by atoms with Gasteiger partial charge in [-0.1, -0.05) is 6.92 Å². The Morgan fingerprint density at radius 2 is 2.43 bits per heavy atom. The number of rotatable bonds is 4. The molecule has 0 aliphatic carbocycles. The molecule has 0 amide bonds. The maximum absolute atomic E-state index is 13.0. The lowest BCUT2D eigenvalue weighted by Gasteiger charge is -2.10. The Labute approximate surface area is 86.1 Å². The molecule has 0 radical (unpaired) electrons. The van der Waals surface area contributed by atoms with Gasteiger partial charge in [-0.25, -0.2) is 9.37 Å². The fraction of sp³-hybridized carbons (Fsp3) is 0.500. The lowest BCUT2D eigenvalue weighted by Crippen LogP contribution is -2.16. The van der Waals surface area contributed by atoms with Crippen molar-refractivity contribution in [3.8, 4) is 0 Å². The van der Waals surface area contributed by atoms with Crippen LogP contribution in [0.4, 0.5) is 10.2 Å². The molecule has 1 aromatic heterocycles. The summed E-state index contributed by atoms with van der Waals surface area (Å²) < 4.78 is 13.0. The molecular formula is C8H11ClFN3O. The van der Waals surface area contributed by atoms with Crippen LogP contribution in [-0.4, -0.2) is 28.2 Å². The largest absolute Gasteiger partial charge is 0.396 e. The second kappa shape index (κ2) is 5.07. The van der Waals surface area contributed by atoms with E-state index in [-0.39, 0.29) is 23.6 Å². The van der Waals surface area contributed by atoms with E-state index in [4.69, 9.17) is 16.7 Å². The summed E-state index contributed by atoms with van der Waals surface area (Å²) in [6, 6.07) is 0. The maximum atomic E-state index is 13.0. The lowest BCUT2D eigenvalue weighted by molar-refractivity contribution is 0.244. The van der Waals surface area contributed by atoms with Crippen molar-refractivity contribution >= 4 is 17.4 Å². The Morgan fingerprint density at radius 3 is 3.07 bits per heavy atom. The predicted octanol–water partition coefficient (Wildman–Crippen LogP) is 1.31. The minimum atomic E-state index is -0.556. The number of hydrogen-bond acceptors (Lipinski definition) is 4. The molecule has 2 N–H and O–H groups in total. The molecule has 0 aliphatic heterocycles. The maximum Gasteiger partial charge on any atom is 0.224 e. The van der Waals surface area contributed by atoms with E-state index in [1.807, 2.05) is 6.92 Å². The van der Waals surface area contributed by atoms with Gasteiger partial charge in [0.05, 0.1) is 6.20 Å². The molecule has 4 nitrogen and oxygen atoms in total. The van der Waals surface area contributed by atoms with Crippen LogP contribution in [0.1, 0.15) is 6.92 Å². The van der Waals surface area contributed by atoms with Crippen LogP contribution in [0.25, 0.3) is 0 Å². The van der Waals surface area contributed by atoms with Gasteiger partial charge in [-0.2, -0.15) is 4.98 Å². The first-order chi connectivity index (χ1) is 6.63. The molecule has 0 aromatic carbocycles. The first-order valence-electron chi connectivity index (χ1n) is 4.16. The molecule has 0 bridgehead atoms. The smallest absolute Gasteiger partial charge is 0.224 e. The van der Waals surface area contributed by atoms with Gasteiger partial charge in [-0.3, -0.25) is 0 Å². The summed E-state index contributed by atoms with van der Waals surface area (Å²) in [6.07, 6.45) is 1.00. The molecule has 1 aromatic rings. The number of nitrogens with one attached hydrogen (secondary N) is 1. The van der Waals surface area contributed by atoms with E-state index in [0.717, 1.165) is 6.20 Å². The fourth-order valence-corrected chi connectivity index (χ4v) is 0.938. The van der Waals surface area contributed by atoms with Gasteiger partial charge in [-0.15, -0.1) is 0 Å². The summed E-state index contributed by atoms with van der Waals surface area (Å²) in [5, 5.41) is 11.5. The van der Waals surface area contributed by atoms with Crippen molar-refractivity contribution in [2.75, 3.05) is 18.5 Å². The Balaban J connectivity index is 2.62. The highest BCUT2D eigenvalue weighted by Crippen LogP contribution is 2.12. The SMILES string of the molecule is CC(CO)CNc1nc(Cl)ncc1F. The Hall–Kier alpha value is -0.940. The number of aliphatic hydroxyl groups excluding tert-OH is 1. The Bertz CT molecular complexity index is 311. The molecule has 78 valence electrons. The van der Waals surface area contributed by atoms with E-state index in [9.17, 15) is 4.39 Å². The van der Waals surface area contributed by atoms with Crippen LogP contribution in [-0.2, 0) is 0 Å². The molecule has 0 aliphatic rings. The first-order valence-corrected chi connectivity index (χ1v) is 4.54. The van der Waals surface area contributed by atoms with Crippen molar-refractivity contribution < 1.29 is 9.50 Å². The minimum Gasteiger partial charge on any atom is -0.396 e. The standard InChI is InChI=1S/C8H11ClFN3O/c1-5(4-14)2-11-7-6(10)3-12-8(9)13-7/h3,5,14H,2,4H2,1H3,(H,11,12,13). The van der Waals surface area contributed by atoms with Gasteiger partial charge in [0, 0.05) is 13.2 Å². The van der Waals surface area contributed by atoms with Crippen LogP contribution < -0.4 is 5.32 Å². The van der Waals surface area contributed by atoms with E-state index in [1.54, 1.807) is 0 Å². The van der Waals surface area contributed by atoms with Gasteiger partial charge in [0.1, 0.15) is 0 Å². The summed E-state index contributed by atoms with van der Waals surface area (Å²) in [5.74, 6) is -0.465. The zero-order valence-electron chi connectivity index (χ0n) is 7.67. The van der Waals surface area contributed by atoms with Crippen molar-refractivity contribution in [3.63, 3.8) is 0 Å². The molecule has 1 atom stereocenters. The van der Waals surface area contributed by atoms with Crippen molar-refractivity contribution in [2.24, 2.45) is 5.92 Å². The van der Waals surface area contributed by atoms with Crippen molar-refractivity contribution in [1.82, 2.24) is 9.97 Å². The molecule has 0 fully saturated rings. The van der Waals surface area contributed by atoms with Crippen molar-refractivity contribution in [1.29, 1.82) is 0 Å². The average Bonchev–Trinajstić information content (AvgIpc) is 2.19. The molecule has 1 unspecified atom stereocenters. The Morgan fingerprint density at radius 1 is 1.71 bits per heavy atom. The van der Waals surface area contributed by atoms with E-state index in [2.05, 4.69) is 15.3 Å². The molecule has 0 spiro atoms.